The van der Waals surface area contributed by atoms with Crippen molar-refractivity contribution in [3.63, 3.8) is 0 Å². The standard InChI is InChI=1S/C25H28N4O3S/c1-2-32-24(31)21-13-15-28(16-14-21)22(30)18-33-25-27-26-23(20-11-7-4-8-12-20)29(25)17-19-9-5-3-6-10-19/h3-12,21H,2,13-18H2,1H3. The molecule has 0 saturated carbocycles. The molecule has 1 aromatic heterocycles. The van der Waals surface area contributed by atoms with Crippen molar-refractivity contribution >= 4 is 23.6 Å². The van der Waals surface area contributed by atoms with Gasteiger partial charge in [0.1, 0.15) is 0 Å². The molecule has 172 valence electrons. The van der Waals surface area contributed by atoms with Gasteiger partial charge in [-0.15, -0.1) is 10.2 Å². The quantitative estimate of drug-likeness (QED) is 0.372. The minimum Gasteiger partial charge on any atom is -0.466 e. The van der Waals surface area contributed by atoms with Crippen molar-refractivity contribution in [2.45, 2.75) is 31.5 Å². The van der Waals surface area contributed by atoms with Crippen LogP contribution in [-0.4, -0.2) is 57.0 Å². The Morgan fingerprint density at radius 1 is 1.00 bits per heavy atom. The molecule has 1 saturated heterocycles. The van der Waals surface area contributed by atoms with Gasteiger partial charge in [-0.25, -0.2) is 0 Å². The molecule has 4 rings (SSSR count). The fourth-order valence-corrected chi connectivity index (χ4v) is 4.79. The Morgan fingerprint density at radius 2 is 1.67 bits per heavy atom. The Balaban J connectivity index is 1.43. The number of amides is 1. The zero-order valence-electron chi connectivity index (χ0n) is 18.7. The van der Waals surface area contributed by atoms with E-state index >= 15 is 0 Å². The Bertz CT molecular complexity index is 1060. The highest BCUT2D eigenvalue weighted by Gasteiger charge is 2.28. The summed E-state index contributed by atoms with van der Waals surface area (Å²) in [7, 11) is 0. The van der Waals surface area contributed by atoms with Crippen LogP contribution in [-0.2, 0) is 20.9 Å². The molecule has 1 aliphatic rings. The predicted molar refractivity (Wildman–Crippen MR) is 128 cm³/mol. The predicted octanol–water partition coefficient (Wildman–Crippen LogP) is 3.89. The number of esters is 1. The molecule has 2 aromatic carbocycles. The molecular formula is C25H28N4O3S. The molecular weight excluding hydrogens is 436 g/mol. The average molecular weight is 465 g/mol. The third kappa shape index (κ3) is 5.82. The van der Waals surface area contributed by atoms with Gasteiger partial charge in [-0.2, -0.15) is 0 Å². The third-order valence-electron chi connectivity index (χ3n) is 5.72. The Labute approximate surface area is 198 Å². The van der Waals surface area contributed by atoms with Crippen LogP contribution in [0.5, 0.6) is 0 Å². The van der Waals surface area contributed by atoms with Gasteiger partial charge in [0, 0.05) is 18.7 Å². The number of aromatic nitrogens is 3. The van der Waals surface area contributed by atoms with E-state index in [0.717, 1.165) is 17.0 Å². The number of piperidine rings is 1. The maximum atomic E-state index is 12.9. The van der Waals surface area contributed by atoms with Gasteiger partial charge in [-0.1, -0.05) is 72.4 Å². The summed E-state index contributed by atoms with van der Waals surface area (Å²) in [6.07, 6.45) is 1.30. The number of hydrogen-bond donors (Lipinski definition) is 0. The first-order chi connectivity index (χ1) is 16.2. The SMILES string of the molecule is CCOC(=O)C1CCN(C(=O)CSc2nnc(-c3ccccc3)n2Cc2ccccc2)CC1. The summed E-state index contributed by atoms with van der Waals surface area (Å²) in [5.74, 6) is 0.860. The number of nitrogens with zero attached hydrogens (tertiary/aromatic N) is 4. The van der Waals surface area contributed by atoms with Gasteiger partial charge in [0.15, 0.2) is 11.0 Å². The summed E-state index contributed by atoms with van der Waals surface area (Å²) in [4.78, 5) is 26.6. The summed E-state index contributed by atoms with van der Waals surface area (Å²) in [5, 5.41) is 9.56. The largest absolute Gasteiger partial charge is 0.466 e. The maximum absolute atomic E-state index is 12.9. The highest BCUT2D eigenvalue weighted by molar-refractivity contribution is 7.99. The Kier molecular flexibility index (Phi) is 7.78. The van der Waals surface area contributed by atoms with Crippen LogP contribution in [0.15, 0.2) is 65.8 Å². The van der Waals surface area contributed by atoms with E-state index in [0.29, 0.717) is 44.2 Å². The number of carbonyl (C=O) groups is 2. The van der Waals surface area contributed by atoms with Gasteiger partial charge < -0.3 is 9.64 Å². The van der Waals surface area contributed by atoms with Crippen LogP contribution < -0.4 is 0 Å². The summed E-state index contributed by atoms with van der Waals surface area (Å²) >= 11 is 1.41. The number of likely N-dealkylation sites (tertiary alicyclic amines) is 1. The van der Waals surface area contributed by atoms with E-state index < -0.39 is 0 Å². The first-order valence-corrected chi connectivity index (χ1v) is 12.2. The molecule has 33 heavy (non-hydrogen) atoms. The smallest absolute Gasteiger partial charge is 0.309 e. The summed E-state index contributed by atoms with van der Waals surface area (Å²) < 4.78 is 7.18. The lowest BCUT2D eigenvalue weighted by Gasteiger charge is -2.30. The molecule has 1 aliphatic heterocycles. The number of carbonyl (C=O) groups excluding carboxylic acids is 2. The molecule has 0 spiro atoms. The second kappa shape index (κ2) is 11.1. The Hall–Kier alpha value is -3.13. The Morgan fingerprint density at radius 3 is 2.33 bits per heavy atom. The lowest BCUT2D eigenvalue weighted by atomic mass is 9.97. The van der Waals surface area contributed by atoms with E-state index in [-0.39, 0.29) is 23.5 Å². The van der Waals surface area contributed by atoms with Gasteiger partial charge in [0.25, 0.3) is 0 Å². The molecule has 7 nitrogen and oxygen atoms in total. The van der Waals surface area contributed by atoms with Gasteiger partial charge >= 0.3 is 5.97 Å². The van der Waals surface area contributed by atoms with E-state index in [1.807, 2.05) is 60.4 Å². The minimum absolute atomic E-state index is 0.0535. The molecule has 0 aliphatic carbocycles. The number of rotatable bonds is 8. The van der Waals surface area contributed by atoms with Crippen molar-refractivity contribution in [3.8, 4) is 11.4 Å². The third-order valence-corrected chi connectivity index (χ3v) is 6.68. The summed E-state index contributed by atoms with van der Waals surface area (Å²) in [5.41, 5.74) is 2.13. The summed E-state index contributed by atoms with van der Waals surface area (Å²) in [6.45, 7) is 3.99. The van der Waals surface area contributed by atoms with E-state index in [1.165, 1.54) is 11.8 Å². The molecule has 3 aromatic rings. The molecule has 0 N–H and O–H groups in total. The van der Waals surface area contributed by atoms with Gasteiger partial charge in [-0.05, 0) is 25.3 Å². The van der Waals surface area contributed by atoms with Crippen molar-refractivity contribution in [2.75, 3.05) is 25.4 Å². The van der Waals surface area contributed by atoms with Crippen molar-refractivity contribution in [3.05, 3.63) is 66.2 Å². The molecule has 8 heteroatoms. The fraction of sp³-hybridized carbons (Fsp3) is 0.360. The first kappa shape index (κ1) is 23.0. The zero-order valence-corrected chi connectivity index (χ0v) is 19.5. The van der Waals surface area contributed by atoms with Gasteiger partial charge in [0.05, 0.1) is 24.8 Å². The van der Waals surface area contributed by atoms with Crippen LogP contribution in [0.3, 0.4) is 0 Å². The number of thioether (sulfide) groups is 1. The molecule has 0 atom stereocenters. The van der Waals surface area contributed by atoms with Crippen molar-refractivity contribution in [2.24, 2.45) is 5.92 Å². The van der Waals surface area contributed by atoms with Crippen molar-refractivity contribution in [1.82, 2.24) is 19.7 Å². The highest BCUT2D eigenvalue weighted by atomic mass is 32.2. The van der Waals surface area contributed by atoms with E-state index in [4.69, 9.17) is 4.74 Å². The second-order valence-corrected chi connectivity index (χ2v) is 8.88. The number of benzene rings is 2. The summed E-state index contributed by atoms with van der Waals surface area (Å²) in [6, 6.07) is 20.1. The van der Waals surface area contributed by atoms with Crippen LogP contribution in [0.1, 0.15) is 25.3 Å². The topological polar surface area (TPSA) is 77.3 Å². The molecule has 0 radical (unpaired) electrons. The van der Waals surface area contributed by atoms with Gasteiger partial charge in [-0.3, -0.25) is 14.2 Å². The zero-order chi connectivity index (χ0) is 23.0. The number of hydrogen-bond acceptors (Lipinski definition) is 6. The minimum atomic E-state index is -0.151. The highest BCUT2D eigenvalue weighted by Crippen LogP contribution is 2.26. The van der Waals surface area contributed by atoms with E-state index in [1.54, 1.807) is 0 Å². The molecule has 1 fully saturated rings. The van der Waals surface area contributed by atoms with Crippen LogP contribution in [0, 0.1) is 5.92 Å². The van der Waals surface area contributed by atoms with Crippen LogP contribution in [0.2, 0.25) is 0 Å². The molecule has 0 unspecified atom stereocenters. The molecule has 0 bridgehead atoms. The monoisotopic (exact) mass is 464 g/mol. The van der Waals surface area contributed by atoms with Gasteiger partial charge in [0.2, 0.25) is 5.91 Å². The van der Waals surface area contributed by atoms with E-state index in [2.05, 4.69) is 26.9 Å². The van der Waals surface area contributed by atoms with Crippen LogP contribution >= 0.6 is 11.8 Å². The lowest BCUT2D eigenvalue weighted by molar-refractivity contribution is -0.151. The second-order valence-electron chi connectivity index (χ2n) is 7.94. The normalized spacial score (nSPS) is 14.3. The van der Waals surface area contributed by atoms with Crippen LogP contribution in [0.4, 0.5) is 0 Å². The molecule has 2 heterocycles. The van der Waals surface area contributed by atoms with Crippen molar-refractivity contribution in [1.29, 1.82) is 0 Å². The number of ether oxygens (including phenoxy) is 1. The fourth-order valence-electron chi connectivity index (χ4n) is 3.95. The maximum Gasteiger partial charge on any atom is 0.309 e. The molecule has 1 amide bonds. The van der Waals surface area contributed by atoms with Crippen LogP contribution in [0.25, 0.3) is 11.4 Å². The lowest BCUT2D eigenvalue weighted by Crippen LogP contribution is -2.41. The van der Waals surface area contributed by atoms with E-state index in [9.17, 15) is 9.59 Å². The average Bonchev–Trinajstić information content (AvgIpc) is 3.26. The van der Waals surface area contributed by atoms with Crippen molar-refractivity contribution < 1.29 is 14.3 Å². The first-order valence-electron chi connectivity index (χ1n) is 11.3.